The Hall–Kier alpha value is -2.91. The lowest BCUT2D eigenvalue weighted by molar-refractivity contribution is -0.113. The molecule has 0 fully saturated rings. The maximum Gasteiger partial charge on any atom is 0.236 e. The number of benzene rings is 1. The fourth-order valence-corrected chi connectivity index (χ4v) is 4.92. The normalized spacial score (nSPS) is 11.1. The minimum Gasteiger partial charge on any atom is -0.354 e. The number of carbonyl (C=O) groups is 1. The predicted molar refractivity (Wildman–Crippen MR) is 130 cm³/mol. The van der Waals surface area contributed by atoms with E-state index >= 15 is 0 Å². The Morgan fingerprint density at radius 1 is 1.19 bits per heavy atom. The van der Waals surface area contributed by atoms with E-state index in [0.717, 1.165) is 28.8 Å². The monoisotopic (exact) mass is 466 g/mol. The molecule has 9 heteroatoms. The molecule has 1 amide bonds. The van der Waals surface area contributed by atoms with Gasteiger partial charge in [-0.05, 0) is 50.1 Å². The zero-order valence-corrected chi connectivity index (χ0v) is 20.3. The van der Waals surface area contributed by atoms with Crippen LogP contribution in [0.15, 0.2) is 47.1 Å². The lowest BCUT2D eigenvalue weighted by Gasteiger charge is -2.08. The maximum atomic E-state index is 12.5. The van der Waals surface area contributed by atoms with Crippen LogP contribution in [0.1, 0.15) is 29.6 Å². The summed E-state index contributed by atoms with van der Waals surface area (Å²) in [5.74, 6) is 1.04. The van der Waals surface area contributed by atoms with Crippen molar-refractivity contribution < 1.29 is 4.79 Å². The standard InChI is InChI=1S/C23H26N6OS2/c1-5-29-20(12-18-7-6-10-28(18)4)26-27-23(29)32-14-21(30)25-22-24-19(13-31-22)17-9-8-15(2)16(3)11-17/h6-11,13H,5,12,14H2,1-4H3,(H,24,25,30). The second-order valence-electron chi connectivity index (χ2n) is 7.60. The molecule has 0 spiro atoms. The van der Waals surface area contributed by atoms with E-state index in [1.54, 1.807) is 0 Å². The molecule has 0 unspecified atom stereocenters. The van der Waals surface area contributed by atoms with Crippen molar-refractivity contribution in [1.82, 2.24) is 24.3 Å². The highest BCUT2D eigenvalue weighted by Crippen LogP contribution is 2.27. The number of hydrogen-bond acceptors (Lipinski definition) is 6. The number of aryl methyl sites for hydroxylation is 3. The molecule has 3 aromatic heterocycles. The molecular weight excluding hydrogens is 440 g/mol. The molecule has 3 heterocycles. The number of amides is 1. The van der Waals surface area contributed by atoms with E-state index in [2.05, 4.69) is 74.7 Å². The molecule has 1 aromatic carbocycles. The summed E-state index contributed by atoms with van der Waals surface area (Å²) in [7, 11) is 2.02. The first kappa shape index (κ1) is 22.3. The van der Waals surface area contributed by atoms with Crippen LogP contribution in [0.3, 0.4) is 0 Å². The third kappa shape index (κ3) is 4.94. The van der Waals surface area contributed by atoms with Gasteiger partial charge in [0.1, 0.15) is 5.82 Å². The summed E-state index contributed by atoms with van der Waals surface area (Å²) in [5, 5.41) is 14.9. The molecule has 0 saturated carbocycles. The van der Waals surface area contributed by atoms with Gasteiger partial charge in [0.25, 0.3) is 0 Å². The topological polar surface area (TPSA) is 77.6 Å². The molecule has 32 heavy (non-hydrogen) atoms. The molecule has 0 saturated heterocycles. The minimum absolute atomic E-state index is 0.106. The summed E-state index contributed by atoms with van der Waals surface area (Å²) in [6.07, 6.45) is 2.73. The largest absolute Gasteiger partial charge is 0.354 e. The Labute approximate surface area is 195 Å². The van der Waals surface area contributed by atoms with Crippen molar-refractivity contribution in [2.45, 2.75) is 38.9 Å². The number of thiazole rings is 1. The minimum atomic E-state index is -0.106. The van der Waals surface area contributed by atoms with E-state index in [0.29, 0.717) is 11.6 Å². The third-order valence-corrected chi connectivity index (χ3v) is 7.11. The number of carbonyl (C=O) groups excluding carboxylic acids is 1. The van der Waals surface area contributed by atoms with Gasteiger partial charge in [-0.2, -0.15) is 0 Å². The SMILES string of the molecule is CCn1c(Cc2cccn2C)nnc1SCC(=O)Nc1nc(-c2ccc(C)c(C)c2)cs1. The van der Waals surface area contributed by atoms with Crippen LogP contribution in [0.5, 0.6) is 0 Å². The first-order valence-corrected chi connectivity index (χ1v) is 12.3. The van der Waals surface area contributed by atoms with E-state index < -0.39 is 0 Å². The quantitative estimate of drug-likeness (QED) is 0.381. The van der Waals surface area contributed by atoms with Gasteiger partial charge in [0.15, 0.2) is 10.3 Å². The van der Waals surface area contributed by atoms with Crippen LogP contribution in [-0.4, -0.2) is 36.0 Å². The van der Waals surface area contributed by atoms with Crippen molar-refractivity contribution in [3.8, 4) is 11.3 Å². The predicted octanol–water partition coefficient (Wildman–Crippen LogP) is 4.70. The summed E-state index contributed by atoms with van der Waals surface area (Å²) in [6, 6.07) is 10.4. The zero-order valence-electron chi connectivity index (χ0n) is 18.6. The highest BCUT2D eigenvalue weighted by Gasteiger charge is 2.15. The van der Waals surface area contributed by atoms with Crippen molar-refractivity contribution in [2.75, 3.05) is 11.1 Å². The van der Waals surface area contributed by atoms with Crippen LogP contribution in [0.25, 0.3) is 11.3 Å². The Morgan fingerprint density at radius 2 is 2.03 bits per heavy atom. The van der Waals surface area contributed by atoms with Gasteiger partial charge in [-0.25, -0.2) is 4.98 Å². The number of aromatic nitrogens is 5. The lowest BCUT2D eigenvalue weighted by atomic mass is 10.1. The molecule has 0 aliphatic carbocycles. The van der Waals surface area contributed by atoms with Crippen molar-refractivity contribution in [3.63, 3.8) is 0 Å². The summed E-state index contributed by atoms with van der Waals surface area (Å²) in [5.41, 5.74) is 5.58. The fraction of sp³-hybridized carbons (Fsp3) is 0.304. The summed E-state index contributed by atoms with van der Waals surface area (Å²) in [4.78, 5) is 17.1. The van der Waals surface area contributed by atoms with Crippen LogP contribution in [0.2, 0.25) is 0 Å². The van der Waals surface area contributed by atoms with Crippen molar-refractivity contribution in [2.24, 2.45) is 7.05 Å². The summed E-state index contributed by atoms with van der Waals surface area (Å²) < 4.78 is 4.14. The zero-order chi connectivity index (χ0) is 22.7. The molecular formula is C23H26N6OS2. The molecule has 4 aromatic rings. The van der Waals surface area contributed by atoms with Gasteiger partial charge in [-0.15, -0.1) is 21.5 Å². The molecule has 0 aliphatic heterocycles. The Balaban J connectivity index is 1.37. The molecule has 0 radical (unpaired) electrons. The number of hydrogen-bond donors (Lipinski definition) is 1. The summed E-state index contributed by atoms with van der Waals surface area (Å²) in [6.45, 7) is 6.99. The van der Waals surface area contributed by atoms with Crippen LogP contribution in [-0.2, 0) is 24.8 Å². The average Bonchev–Trinajstić information content (AvgIpc) is 3.50. The second-order valence-corrected chi connectivity index (χ2v) is 9.40. The molecule has 4 rings (SSSR count). The number of nitrogens with zero attached hydrogens (tertiary/aromatic N) is 5. The molecule has 7 nitrogen and oxygen atoms in total. The van der Waals surface area contributed by atoms with Gasteiger partial charge in [0.2, 0.25) is 5.91 Å². The van der Waals surface area contributed by atoms with Gasteiger partial charge in [0, 0.05) is 42.8 Å². The van der Waals surface area contributed by atoms with Crippen molar-refractivity contribution in [1.29, 1.82) is 0 Å². The fourth-order valence-electron chi connectivity index (χ4n) is 3.37. The first-order valence-electron chi connectivity index (χ1n) is 10.4. The Morgan fingerprint density at radius 3 is 2.75 bits per heavy atom. The van der Waals surface area contributed by atoms with Gasteiger partial charge < -0.3 is 14.5 Å². The van der Waals surface area contributed by atoms with Gasteiger partial charge in [-0.1, -0.05) is 23.9 Å². The number of rotatable bonds is 8. The highest BCUT2D eigenvalue weighted by atomic mass is 32.2. The van der Waals surface area contributed by atoms with E-state index in [-0.39, 0.29) is 11.7 Å². The molecule has 0 aliphatic rings. The van der Waals surface area contributed by atoms with Gasteiger partial charge in [0.05, 0.1) is 11.4 Å². The first-order chi connectivity index (χ1) is 15.4. The maximum absolute atomic E-state index is 12.5. The summed E-state index contributed by atoms with van der Waals surface area (Å²) >= 11 is 2.82. The third-order valence-electron chi connectivity index (χ3n) is 5.39. The Kier molecular flexibility index (Phi) is 6.76. The molecule has 0 bridgehead atoms. The number of nitrogens with one attached hydrogen (secondary N) is 1. The molecule has 1 N–H and O–H groups in total. The van der Waals surface area contributed by atoms with E-state index in [1.165, 1.54) is 39.9 Å². The van der Waals surface area contributed by atoms with E-state index in [4.69, 9.17) is 0 Å². The number of anilines is 1. The van der Waals surface area contributed by atoms with Crippen LogP contribution in [0.4, 0.5) is 5.13 Å². The van der Waals surface area contributed by atoms with Crippen molar-refractivity contribution in [3.05, 3.63) is 64.6 Å². The van der Waals surface area contributed by atoms with Gasteiger partial charge in [-0.3, -0.25) is 4.79 Å². The average molecular weight is 467 g/mol. The molecule has 166 valence electrons. The number of thioether (sulfide) groups is 1. The molecule has 0 atom stereocenters. The van der Waals surface area contributed by atoms with Crippen LogP contribution in [0, 0.1) is 13.8 Å². The van der Waals surface area contributed by atoms with Gasteiger partial charge >= 0.3 is 0 Å². The van der Waals surface area contributed by atoms with Crippen LogP contribution >= 0.6 is 23.1 Å². The van der Waals surface area contributed by atoms with E-state index in [1.807, 2.05) is 24.7 Å². The second kappa shape index (κ2) is 9.70. The van der Waals surface area contributed by atoms with Crippen molar-refractivity contribution >= 4 is 34.1 Å². The highest BCUT2D eigenvalue weighted by molar-refractivity contribution is 7.99. The smallest absolute Gasteiger partial charge is 0.236 e. The van der Waals surface area contributed by atoms with Crippen LogP contribution < -0.4 is 5.32 Å². The lowest BCUT2D eigenvalue weighted by Crippen LogP contribution is -2.14. The Bertz CT molecular complexity index is 1240. The van der Waals surface area contributed by atoms with E-state index in [9.17, 15) is 4.79 Å².